The number of nitrogens with one attached hydrogen (secondary N) is 2. The minimum absolute atomic E-state index is 0. The number of rotatable bonds is 8. The fraction of sp³-hybridized carbons (Fsp3) is 0.407. The number of halogens is 2. The van der Waals surface area contributed by atoms with E-state index >= 15 is 0 Å². The molecule has 1 atom stereocenters. The lowest BCUT2D eigenvalue weighted by Crippen LogP contribution is -2.40. The molecule has 39 heavy (non-hydrogen) atoms. The van der Waals surface area contributed by atoms with Gasteiger partial charge in [0.25, 0.3) is 0 Å². The van der Waals surface area contributed by atoms with Gasteiger partial charge in [-0.3, -0.25) is 15.1 Å². The predicted molar refractivity (Wildman–Crippen MR) is 162 cm³/mol. The molecule has 1 fully saturated rings. The first-order valence-electron chi connectivity index (χ1n) is 12.5. The van der Waals surface area contributed by atoms with Crippen molar-refractivity contribution in [3.05, 3.63) is 59.2 Å². The first-order chi connectivity index (χ1) is 17.6. The van der Waals surface area contributed by atoms with Gasteiger partial charge in [0.15, 0.2) is 0 Å². The highest BCUT2D eigenvalue weighted by atomic mass is 35.5. The van der Waals surface area contributed by atoms with Gasteiger partial charge in [-0.05, 0) is 62.2 Å². The highest BCUT2D eigenvalue weighted by molar-refractivity contribution is 7.92. The molecule has 0 aromatic heterocycles. The number of piperidine rings is 1. The molecule has 0 bridgehead atoms. The number of hydrogen-bond acceptors (Lipinski definition) is 6. The zero-order valence-corrected chi connectivity index (χ0v) is 24.8. The van der Waals surface area contributed by atoms with E-state index in [0.29, 0.717) is 29.3 Å². The highest BCUT2D eigenvalue weighted by Gasteiger charge is 2.35. The molecular weight excluding hydrogens is 561 g/mol. The van der Waals surface area contributed by atoms with E-state index in [9.17, 15) is 8.42 Å². The Labute approximate surface area is 243 Å². The van der Waals surface area contributed by atoms with Crippen LogP contribution < -0.4 is 19.5 Å². The Morgan fingerprint density at radius 3 is 2.41 bits per heavy atom. The summed E-state index contributed by atoms with van der Waals surface area (Å²) in [4.78, 5) is 2.05. The van der Waals surface area contributed by atoms with Crippen molar-refractivity contribution in [2.24, 2.45) is 5.73 Å². The Balaban J connectivity index is 0.00000267. The molecule has 1 saturated heterocycles. The van der Waals surface area contributed by atoms with Gasteiger partial charge < -0.3 is 20.1 Å². The Bertz CT molecular complexity index is 1330. The fourth-order valence-corrected chi connectivity index (χ4v) is 6.20. The molecule has 0 amide bonds. The highest BCUT2D eigenvalue weighted by Crippen LogP contribution is 2.38. The Morgan fingerprint density at radius 2 is 1.82 bits per heavy atom. The summed E-state index contributed by atoms with van der Waals surface area (Å²) >= 11 is 0. The SMILES string of the molecule is CCS(=O)(=O)N1c2ccc(OC3CCN(C(C)=N)CC3)cc2CC1/C=C/c1cc(C(=N)N)ccc1OC.Cl.Cl. The number of likely N-dealkylation sites (tertiary alicyclic amines) is 1. The fourth-order valence-electron chi connectivity index (χ4n) is 4.89. The van der Waals surface area contributed by atoms with Gasteiger partial charge >= 0.3 is 0 Å². The van der Waals surface area contributed by atoms with Gasteiger partial charge in [-0.2, -0.15) is 0 Å². The molecule has 0 aliphatic carbocycles. The van der Waals surface area contributed by atoms with Crippen LogP contribution in [0.2, 0.25) is 0 Å². The van der Waals surface area contributed by atoms with Crippen molar-refractivity contribution in [2.45, 2.75) is 45.3 Å². The summed E-state index contributed by atoms with van der Waals surface area (Å²) in [6, 6.07) is 10.4. The topological polar surface area (TPSA) is 133 Å². The second-order valence-corrected chi connectivity index (χ2v) is 11.5. The van der Waals surface area contributed by atoms with Crippen molar-refractivity contribution in [3.8, 4) is 11.5 Å². The maximum Gasteiger partial charge on any atom is 0.235 e. The second-order valence-electron chi connectivity index (χ2n) is 9.38. The normalized spacial score (nSPS) is 17.3. The lowest BCUT2D eigenvalue weighted by atomic mass is 10.1. The standard InChI is InChI=1S/C27H35N5O4S.2ClH/c1-4-37(33,34)32-22(7-5-19-15-20(27(29)30)6-10-26(19)35-3)16-21-17-24(8-9-25(21)32)36-23-11-13-31(14-12-23)18(2)28;;/h5-10,15,17,22-23,28H,4,11-14,16H2,1-3H3,(H3,29,30);2*1H/b7-5+,28-18?;;. The van der Waals surface area contributed by atoms with E-state index in [4.69, 9.17) is 26.0 Å². The molecule has 4 rings (SSSR count). The van der Waals surface area contributed by atoms with Crippen LogP contribution in [-0.2, 0) is 16.4 Å². The molecule has 0 saturated carbocycles. The molecule has 2 aromatic rings. The van der Waals surface area contributed by atoms with Crippen LogP contribution in [-0.4, -0.2) is 63.1 Å². The van der Waals surface area contributed by atoms with Gasteiger partial charge in [-0.25, -0.2) is 8.42 Å². The molecule has 2 aromatic carbocycles. The van der Waals surface area contributed by atoms with Crippen LogP contribution in [0.3, 0.4) is 0 Å². The van der Waals surface area contributed by atoms with E-state index in [0.717, 1.165) is 42.8 Å². The molecule has 12 heteroatoms. The molecule has 9 nitrogen and oxygen atoms in total. The average Bonchev–Trinajstić information content (AvgIpc) is 3.26. The molecule has 0 radical (unpaired) electrons. The van der Waals surface area contributed by atoms with Crippen LogP contribution in [0.1, 0.15) is 43.4 Å². The minimum atomic E-state index is -3.53. The lowest BCUT2D eigenvalue weighted by Gasteiger charge is -2.32. The van der Waals surface area contributed by atoms with Crippen LogP contribution in [0.5, 0.6) is 11.5 Å². The van der Waals surface area contributed by atoms with Gasteiger partial charge in [0.2, 0.25) is 10.0 Å². The van der Waals surface area contributed by atoms with Gasteiger partial charge in [0.1, 0.15) is 23.4 Å². The number of nitrogens with zero attached hydrogens (tertiary/aromatic N) is 2. The average molecular weight is 599 g/mol. The molecule has 214 valence electrons. The van der Waals surface area contributed by atoms with Crippen LogP contribution in [0.25, 0.3) is 6.08 Å². The van der Waals surface area contributed by atoms with Crippen LogP contribution in [0.15, 0.2) is 42.5 Å². The predicted octanol–water partition coefficient (Wildman–Crippen LogP) is 4.46. The first kappa shape index (κ1) is 32.3. The summed E-state index contributed by atoms with van der Waals surface area (Å²) in [6.07, 6.45) is 5.97. The van der Waals surface area contributed by atoms with E-state index in [1.54, 1.807) is 39.2 Å². The molecule has 1 unspecified atom stereocenters. The third-order valence-corrected chi connectivity index (χ3v) is 8.74. The van der Waals surface area contributed by atoms with E-state index in [1.165, 1.54) is 4.31 Å². The number of sulfonamides is 1. The van der Waals surface area contributed by atoms with E-state index in [1.807, 2.05) is 35.3 Å². The van der Waals surface area contributed by atoms with Crippen molar-refractivity contribution < 1.29 is 17.9 Å². The number of nitrogen functional groups attached to an aromatic ring is 1. The molecule has 2 aliphatic rings. The van der Waals surface area contributed by atoms with E-state index in [-0.39, 0.29) is 42.5 Å². The van der Waals surface area contributed by atoms with Crippen LogP contribution >= 0.6 is 24.8 Å². The summed E-state index contributed by atoms with van der Waals surface area (Å²) in [5.74, 6) is 1.87. The Hall–Kier alpha value is -2.95. The summed E-state index contributed by atoms with van der Waals surface area (Å²) in [7, 11) is -1.96. The Morgan fingerprint density at radius 1 is 1.13 bits per heavy atom. The number of amidine groups is 2. The first-order valence-corrected chi connectivity index (χ1v) is 14.1. The molecular formula is C27H37Cl2N5O4S. The Kier molecular flexibility index (Phi) is 11.1. The summed E-state index contributed by atoms with van der Waals surface area (Å²) in [6.45, 7) is 5.05. The zero-order chi connectivity index (χ0) is 26.7. The molecule has 2 heterocycles. The molecule has 0 spiro atoms. The van der Waals surface area contributed by atoms with Gasteiger partial charge in [0, 0.05) is 37.1 Å². The number of nitrogens with two attached hydrogens (primary N) is 1. The zero-order valence-electron chi connectivity index (χ0n) is 22.3. The lowest BCUT2D eigenvalue weighted by molar-refractivity contribution is 0.130. The third kappa shape index (κ3) is 7.17. The van der Waals surface area contributed by atoms with E-state index < -0.39 is 16.1 Å². The van der Waals surface area contributed by atoms with Crippen molar-refractivity contribution in [2.75, 3.05) is 30.3 Å². The van der Waals surface area contributed by atoms with Crippen molar-refractivity contribution in [1.82, 2.24) is 4.90 Å². The quantitative estimate of drug-likeness (QED) is 0.304. The van der Waals surface area contributed by atoms with Gasteiger partial charge in [-0.15, -0.1) is 24.8 Å². The van der Waals surface area contributed by atoms with Crippen molar-refractivity contribution >= 4 is 58.3 Å². The van der Waals surface area contributed by atoms with Crippen molar-refractivity contribution in [3.63, 3.8) is 0 Å². The largest absolute Gasteiger partial charge is 0.496 e. The third-order valence-electron chi connectivity index (χ3n) is 6.94. The monoisotopic (exact) mass is 597 g/mol. The number of methoxy groups -OCH3 is 1. The van der Waals surface area contributed by atoms with Crippen LogP contribution in [0, 0.1) is 10.8 Å². The van der Waals surface area contributed by atoms with Crippen LogP contribution in [0.4, 0.5) is 5.69 Å². The molecule has 2 aliphatic heterocycles. The number of anilines is 1. The van der Waals surface area contributed by atoms with Crippen molar-refractivity contribution in [1.29, 1.82) is 10.8 Å². The molecule has 4 N–H and O–H groups in total. The van der Waals surface area contributed by atoms with Gasteiger partial charge in [0.05, 0.1) is 30.4 Å². The summed E-state index contributed by atoms with van der Waals surface area (Å²) in [5.41, 5.74) is 8.53. The number of fused-ring (bicyclic) bond motifs is 1. The number of ether oxygens (including phenoxy) is 2. The smallest absolute Gasteiger partial charge is 0.235 e. The minimum Gasteiger partial charge on any atom is -0.496 e. The van der Waals surface area contributed by atoms with E-state index in [2.05, 4.69) is 0 Å². The maximum atomic E-state index is 13.1. The van der Waals surface area contributed by atoms with Gasteiger partial charge in [-0.1, -0.05) is 12.2 Å². The summed E-state index contributed by atoms with van der Waals surface area (Å²) < 4.78 is 39.4. The second kappa shape index (κ2) is 13.4. The summed E-state index contributed by atoms with van der Waals surface area (Å²) in [5, 5.41) is 15.5. The number of hydrogen-bond donors (Lipinski definition) is 3. The maximum absolute atomic E-state index is 13.1. The number of benzene rings is 2.